The maximum Gasteiger partial charge on any atom is 0.220 e. The van der Waals surface area contributed by atoms with Crippen LogP contribution in [0, 0.1) is 0 Å². The van der Waals surface area contributed by atoms with Crippen molar-refractivity contribution in [2.75, 3.05) is 6.61 Å². The Hall–Kier alpha value is -2.00. The summed E-state index contributed by atoms with van der Waals surface area (Å²) >= 11 is 5.88. The average Bonchev–Trinajstić information content (AvgIpc) is 2.55. The van der Waals surface area contributed by atoms with Crippen molar-refractivity contribution in [3.05, 3.63) is 64.7 Å². The van der Waals surface area contributed by atoms with Crippen LogP contribution in [0.1, 0.15) is 37.4 Å². The van der Waals surface area contributed by atoms with E-state index in [1.807, 2.05) is 62.4 Å². The van der Waals surface area contributed by atoms with E-state index in [1.54, 1.807) is 0 Å². The highest BCUT2D eigenvalue weighted by atomic mass is 35.5. The first-order valence-corrected chi connectivity index (χ1v) is 8.23. The molecule has 1 N–H and O–H groups in total. The number of amides is 1. The Labute approximate surface area is 142 Å². The molecule has 0 radical (unpaired) electrons. The number of para-hydroxylation sites is 1. The molecule has 0 heterocycles. The SMILES string of the molecule is CCOc1ccccc1CCC(=O)NC(C)c1ccc(Cl)cc1. The van der Waals surface area contributed by atoms with E-state index in [4.69, 9.17) is 16.3 Å². The van der Waals surface area contributed by atoms with Gasteiger partial charge in [0.05, 0.1) is 12.6 Å². The van der Waals surface area contributed by atoms with Crippen LogP contribution in [-0.4, -0.2) is 12.5 Å². The number of hydrogen-bond donors (Lipinski definition) is 1. The van der Waals surface area contributed by atoms with Gasteiger partial charge in [-0.1, -0.05) is 41.9 Å². The lowest BCUT2D eigenvalue weighted by atomic mass is 10.1. The van der Waals surface area contributed by atoms with Crippen LogP contribution in [0.3, 0.4) is 0 Å². The van der Waals surface area contributed by atoms with E-state index in [0.717, 1.165) is 16.9 Å². The Morgan fingerprint density at radius 3 is 2.57 bits per heavy atom. The van der Waals surface area contributed by atoms with E-state index in [9.17, 15) is 4.79 Å². The Kier molecular flexibility index (Phi) is 6.48. The molecule has 2 aromatic carbocycles. The van der Waals surface area contributed by atoms with Crippen LogP contribution in [0.25, 0.3) is 0 Å². The van der Waals surface area contributed by atoms with Gasteiger partial charge in [-0.05, 0) is 49.6 Å². The third-order valence-electron chi connectivity index (χ3n) is 3.64. The van der Waals surface area contributed by atoms with Crippen LogP contribution in [-0.2, 0) is 11.2 Å². The Morgan fingerprint density at radius 2 is 1.87 bits per heavy atom. The van der Waals surface area contributed by atoms with Crippen LogP contribution < -0.4 is 10.1 Å². The van der Waals surface area contributed by atoms with Crippen molar-refractivity contribution in [2.45, 2.75) is 32.7 Å². The number of carbonyl (C=O) groups excluding carboxylic acids is 1. The zero-order valence-electron chi connectivity index (χ0n) is 13.5. The molecule has 0 aliphatic carbocycles. The minimum absolute atomic E-state index is 0.0266. The average molecular weight is 332 g/mol. The second-order valence-electron chi connectivity index (χ2n) is 5.38. The lowest BCUT2D eigenvalue weighted by Crippen LogP contribution is -2.26. The fourth-order valence-electron chi connectivity index (χ4n) is 2.40. The van der Waals surface area contributed by atoms with E-state index in [0.29, 0.717) is 24.5 Å². The topological polar surface area (TPSA) is 38.3 Å². The number of rotatable bonds is 7. The number of benzene rings is 2. The van der Waals surface area contributed by atoms with Gasteiger partial charge in [-0.25, -0.2) is 0 Å². The summed E-state index contributed by atoms with van der Waals surface area (Å²) in [6, 6.07) is 15.3. The molecule has 0 aliphatic rings. The van der Waals surface area contributed by atoms with Crippen LogP contribution in [0.4, 0.5) is 0 Å². The highest BCUT2D eigenvalue weighted by molar-refractivity contribution is 6.30. The van der Waals surface area contributed by atoms with Gasteiger partial charge >= 0.3 is 0 Å². The highest BCUT2D eigenvalue weighted by Gasteiger charge is 2.11. The van der Waals surface area contributed by atoms with Crippen LogP contribution in [0.15, 0.2) is 48.5 Å². The zero-order valence-corrected chi connectivity index (χ0v) is 14.3. The second kappa shape index (κ2) is 8.59. The molecule has 0 fully saturated rings. The first-order valence-electron chi connectivity index (χ1n) is 7.85. The molecule has 0 saturated heterocycles. The highest BCUT2D eigenvalue weighted by Crippen LogP contribution is 2.20. The summed E-state index contributed by atoms with van der Waals surface area (Å²) in [7, 11) is 0. The third-order valence-corrected chi connectivity index (χ3v) is 3.89. The number of halogens is 1. The molecule has 2 aromatic rings. The van der Waals surface area contributed by atoms with Gasteiger partial charge in [0.2, 0.25) is 5.91 Å². The number of carbonyl (C=O) groups is 1. The normalized spacial score (nSPS) is 11.8. The molecule has 1 unspecified atom stereocenters. The summed E-state index contributed by atoms with van der Waals surface area (Å²) in [6.45, 7) is 4.55. The van der Waals surface area contributed by atoms with Crippen molar-refractivity contribution >= 4 is 17.5 Å². The number of ether oxygens (including phenoxy) is 1. The Bertz CT molecular complexity index is 640. The summed E-state index contributed by atoms with van der Waals surface area (Å²) in [5.74, 6) is 0.882. The van der Waals surface area contributed by atoms with E-state index < -0.39 is 0 Å². The molecule has 0 aromatic heterocycles. The van der Waals surface area contributed by atoms with Gasteiger partial charge in [-0.3, -0.25) is 4.79 Å². The van der Waals surface area contributed by atoms with Crippen molar-refractivity contribution < 1.29 is 9.53 Å². The predicted molar refractivity (Wildman–Crippen MR) is 93.9 cm³/mol. The van der Waals surface area contributed by atoms with E-state index in [-0.39, 0.29) is 11.9 Å². The van der Waals surface area contributed by atoms with E-state index in [2.05, 4.69) is 5.32 Å². The smallest absolute Gasteiger partial charge is 0.220 e. The second-order valence-corrected chi connectivity index (χ2v) is 5.82. The van der Waals surface area contributed by atoms with Crippen LogP contribution >= 0.6 is 11.6 Å². The maximum atomic E-state index is 12.2. The van der Waals surface area contributed by atoms with Gasteiger partial charge in [0.25, 0.3) is 0 Å². The summed E-state index contributed by atoms with van der Waals surface area (Å²) < 4.78 is 5.59. The summed E-state index contributed by atoms with van der Waals surface area (Å²) in [4.78, 5) is 12.2. The molecule has 3 nitrogen and oxygen atoms in total. The monoisotopic (exact) mass is 331 g/mol. The predicted octanol–water partition coefficient (Wildman–Crippen LogP) is 4.55. The molecule has 0 bridgehead atoms. The summed E-state index contributed by atoms with van der Waals surface area (Å²) in [6.07, 6.45) is 1.09. The number of aryl methyl sites for hydroxylation is 1. The van der Waals surface area contributed by atoms with Crippen molar-refractivity contribution in [3.63, 3.8) is 0 Å². The van der Waals surface area contributed by atoms with Gasteiger partial charge in [0, 0.05) is 11.4 Å². The van der Waals surface area contributed by atoms with Gasteiger partial charge in [-0.2, -0.15) is 0 Å². The Balaban J connectivity index is 1.89. The molecule has 2 rings (SSSR count). The minimum atomic E-state index is -0.0399. The van der Waals surface area contributed by atoms with Crippen molar-refractivity contribution in [2.24, 2.45) is 0 Å². The lowest BCUT2D eigenvalue weighted by molar-refractivity contribution is -0.121. The van der Waals surface area contributed by atoms with E-state index >= 15 is 0 Å². The van der Waals surface area contributed by atoms with E-state index in [1.165, 1.54) is 0 Å². The molecule has 122 valence electrons. The largest absolute Gasteiger partial charge is 0.494 e. The van der Waals surface area contributed by atoms with Gasteiger partial charge < -0.3 is 10.1 Å². The van der Waals surface area contributed by atoms with Gasteiger partial charge in [-0.15, -0.1) is 0 Å². The third kappa shape index (κ3) is 5.29. The standard InChI is InChI=1S/C19H22ClNO2/c1-3-23-18-7-5-4-6-16(18)10-13-19(22)21-14(2)15-8-11-17(20)12-9-15/h4-9,11-12,14H,3,10,13H2,1-2H3,(H,21,22). The quantitative estimate of drug-likeness (QED) is 0.808. The van der Waals surface area contributed by atoms with Crippen molar-refractivity contribution in [1.82, 2.24) is 5.32 Å². The molecule has 23 heavy (non-hydrogen) atoms. The van der Waals surface area contributed by atoms with Crippen LogP contribution in [0.5, 0.6) is 5.75 Å². The number of hydrogen-bond acceptors (Lipinski definition) is 2. The molecule has 4 heteroatoms. The van der Waals surface area contributed by atoms with Gasteiger partial charge in [0.15, 0.2) is 0 Å². The molecular formula is C19H22ClNO2. The Morgan fingerprint density at radius 1 is 1.17 bits per heavy atom. The van der Waals surface area contributed by atoms with Gasteiger partial charge in [0.1, 0.15) is 5.75 Å². The molecule has 0 saturated carbocycles. The summed E-state index contributed by atoms with van der Waals surface area (Å²) in [5, 5.41) is 3.71. The molecular weight excluding hydrogens is 310 g/mol. The lowest BCUT2D eigenvalue weighted by Gasteiger charge is -2.15. The maximum absolute atomic E-state index is 12.2. The first kappa shape index (κ1) is 17.4. The summed E-state index contributed by atoms with van der Waals surface area (Å²) in [5.41, 5.74) is 2.10. The fraction of sp³-hybridized carbons (Fsp3) is 0.316. The zero-order chi connectivity index (χ0) is 16.7. The van der Waals surface area contributed by atoms with Crippen molar-refractivity contribution in [1.29, 1.82) is 0 Å². The fourth-order valence-corrected chi connectivity index (χ4v) is 2.53. The minimum Gasteiger partial charge on any atom is -0.494 e. The molecule has 0 spiro atoms. The molecule has 0 aliphatic heterocycles. The molecule has 1 amide bonds. The van der Waals surface area contributed by atoms with Crippen LogP contribution in [0.2, 0.25) is 5.02 Å². The number of nitrogens with one attached hydrogen (secondary N) is 1. The van der Waals surface area contributed by atoms with Crippen molar-refractivity contribution in [3.8, 4) is 5.75 Å². The first-order chi connectivity index (χ1) is 11.1. The molecule has 1 atom stereocenters.